The van der Waals surface area contributed by atoms with Crippen LogP contribution in [0.15, 0.2) is 83.6 Å². The maximum absolute atomic E-state index is 3.82. The van der Waals surface area contributed by atoms with Crippen molar-refractivity contribution >= 4 is 0 Å². The smallest absolute Gasteiger partial charge is 0.00110 e. The van der Waals surface area contributed by atoms with Crippen LogP contribution in [0.25, 0.3) is 0 Å². The average molecular weight is 250 g/mol. The van der Waals surface area contributed by atoms with Crippen molar-refractivity contribution in [1.29, 1.82) is 0 Å². The predicted octanol–water partition coefficient (Wildman–Crippen LogP) is 5.45. The summed E-state index contributed by atoms with van der Waals surface area (Å²) in [5.74, 6) is 0. The minimum atomic E-state index is 0.137. The second-order valence-electron chi connectivity index (χ2n) is 5.64. The minimum Gasteiger partial charge on any atom is -0.0991 e. The first kappa shape index (κ1) is 13.6. The lowest BCUT2D eigenvalue weighted by Gasteiger charge is -2.13. The minimum absolute atomic E-state index is 0.137. The molecule has 19 heavy (non-hydrogen) atoms. The summed E-state index contributed by atoms with van der Waals surface area (Å²) in [4.78, 5) is 0. The first-order valence-electron chi connectivity index (χ1n) is 6.84. The molecule has 0 spiro atoms. The zero-order valence-electron chi connectivity index (χ0n) is 12.1. The van der Waals surface area contributed by atoms with Crippen LogP contribution < -0.4 is 0 Å². The third kappa shape index (κ3) is 2.96. The fourth-order valence-corrected chi connectivity index (χ4v) is 2.44. The highest BCUT2D eigenvalue weighted by atomic mass is 14.3. The molecule has 0 saturated carbocycles. The summed E-state index contributed by atoms with van der Waals surface area (Å²) in [6.45, 7) is 10.3. The Balaban J connectivity index is 2.48. The van der Waals surface area contributed by atoms with Crippen LogP contribution in [-0.4, -0.2) is 0 Å². The molecule has 0 bridgehead atoms. The van der Waals surface area contributed by atoms with E-state index in [1.54, 1.807) is 0 Å². The fourth-order valence-electron chi connectivity index (χ4n) is 2.44. The molecule has 0 atom stereocenters. The van der Waals surface area contributed by atoms with E-state index in [0.29, 0.717) is 0 Å². The lowest BCUT2D eigenvalue weighted by molar-refractivity contribution is 0.626. The van der Waals surface area contributed by atoms with Gasteiger partial charge in [-0.25, -0.2) is 0 Å². The molecule has 0 aromatic heterocycles. The Labute approximate surface area is 116 Å². The van der Waals surface area contributed by atoms with Crippen LogP contribution in [0.4, 0.5) is 0 Å². The van der Waals surface area contributed by atoms with E-state index in [2.05, 4.69) is 69.0 Å². The summed E-state index contributed by atoms with van der Waals surface area (Å²) in [6.07, 6.45) is 20.5. The molecule has 98 valence electrons. The maximum Gasteiger partial charge on any atom is 0.00110 e. The number of allylic oxidation sites excluding steroid dienone is 13. The molecule has 0 aromatic carbocycles. The van der Waals surface area contributed by atoms with Crippen molar-refractivity contribution in [3.8, 4) is 0 Å². The van der Waals surface area contributed by atoms with Gasteiger partial charge in [-0.3, -0.25) is 0 Å². The molecule has 2 aliphatic rings. The summed E-state index contributed by atoms with van der Waals surface area (Å²) in [5, 5.41) is 0. The van der Waals surface area contributed by atoms with E-state index >= 15 is 0 Å². The fraction of sp³-hybridized carbons (Fsp3) is 0.263. The molecule has 0 fully saturated rings. The molecule has 0 aliphatic heterocycles. The number of hydrogen-bond acceptors (Lipinski definition) is 0. The molecular formula is C19H22. The Bertz CT molecular complexity index is 555. The van der Waals surface area contributed by atoms with E-state index in [1.165, 1.54) is 22.3 Å². The predicted molar refractivity (Wildman–Crippen MR) is 84.9 cm³/mol. The van der Waals surface area contributed by atoms with Gasteiger partial charge in [0.05, 0.1) is 0 Å². The zero-order chi connectivity index (χ0) is 13.9. The van der Waals surface area contributed by atoms with Gasteiger partial charge in [-0.15, -0.1) is 0 Å². The molecule has 0 amide bonds. The summed E-state index contributed by atoms with van der Waals surface area (Å²) >= 11 is 0. The molecule has 2 aliphatic carbocycles. The van der Waals surface area contributed by atoms with Crippen LogP contribution >= 0.6 is 0 Å². The molecule has 0 aromatic rings. The van der Waals surface area contributed by atoms with Crippen LogP contribution in [0.1, 0.15) is 27.2 Å². The highest BCUT2D eigenvalue weighted by Gasteiger charge is 2.23. The van der Waals surface area contributed by atoms with Gasteiger partial charge in [-0.05, 0) is 35.6 Å². The van der Waals surface area contributed by atoms with Crippen LogP contribution in [0.2, 0.25) is 0 Å². The maximum atomic E-state index is 3.82. The Morgan fingerprint density at radius 3 is 2.58 bits per heavy atom. The van der Waals surface area contributed by atoms with Crippen LogP contribution in [-0.2, 0) is 0 Å². The monoisotopic (exact) mass is 250 g/mol. The van der Waals surface area contributed by atoms with E-state index < -0.39 is 0 Å². The molecular weight excluding hydrogens is 228 g/mol. The van der Waals surface area contributed by atoms with E-state index in [9.17, 15) is 0 Å². The summed E-state index contributed by atoms with van der Waals surface area (Å²) < 4.78 is 0. The van der Waals surface area contributed by atoms with Gasteiger partial charge in [0.15, 0.2) is 0 Å². The molecule has 0 radical (unpaired) electrons. The summed E-state index contributed by atoms with van der Waals surface area (Å²) in [7, 11) is 0. The Morgan fingerprint density at radius 2 is 1.89 bits per heavy atom. The highest BCUT2D eigenvalue weighted by molar-refractivity contribution is 5.65. The molecule has 0 unspecified atom stereocenters. The second-order valence-corrected chi connectivity index (χ2v) is 5.64. The molecule has 0 N–H and O–H groups in total. The molecule has 0 heterocycles. The second kappa shape index (κ2) is 5.44. The number of hydrogen-bond donors (Lipinski definition) is 0. The summed E-state index contributed by atoms with van der Waals surface area (Å²) in [5.41, 5.74) is 5.58. The first-order chi connectivity index (χ1) is 9.07. The largest absolute Gasteiger partial charge is 0.0991 e. The van der Waals surface area contributed by atoms with Gasteiger partial charge in [0.1, 0.15) is 0 Å². The van der Waals surface area contributed by atoms with Gasteiger partial charge in [0.2, 0.25) is 0 Å². The molecule has 0 nitrogen and oxygen atoms in total. The SMILES string of the molecule is C=C/C=C1/CC2=C(C=CC(C)(C)C=C2)/C1=C/C=C/C. The quantitative estimate of drug-likeness (QED) is 0.611. The van der Waals surface area contributed by atoms with Crippen LogP contribution in [0.3, 0.4) is 0 Å². The Morgan fingerprint density at radius 1 is 1.16 bits per heavy atom. The van der Waals surface area contributed by atoms with Crippen molar-refractivity contribution < 1.29 is 0 Å². The van der Waals surface area contributed by atoms with Crippen molar-refractivity contribution in [3.05, 3.63) is 83.6 Å². The number of rotatable bonds is 2. The van der Waals surface area contributed by atoms with E-state index in [0.717, 1.165) is 6.42 Å². The summed E-state index contributed by atoms with van der Waals surface area (Å²) in [6, 6.07) is 0. The standard InChI is InChI=1S/C19H22/c1-5-7-9-17-15(8-6-2)14-16-10-12-19(3,4)13-11-18(16)17/h5-13H,2,14H2,1,3-4H3/b7-5+,15-8-,17-9+. The van der Waals surface area contributed by atoms with Gasteiger partial charge in [0.25, 0.3) is 0 Å². The molecule has 2 rings (SSSR count). The van der Waals surface area contributed by atoms with Crippen molar-refractivity contribution in [3.63, 3.8) is 0 Å². The topological polar surface area (TPSA) is 0 Å². The van der Waals surface area contributed by atoms with Gasteiger partial charge in [-0.2, -0.15) is 0 Å². The Kier molecular flexibility index (Phi) is 3.90. The van der Waals surface area contributed by atoms with Gasteiger partial charge < -0.3 is 0 Å². The van der Waals surface area contributed by atoms with E-state index in [4.69, 9.17) is 0 Å². The van der Waals surface area contributed by atoms with E-state index in [-0.39, 0.29) is 5.41 Å². The molecule has 0 heteroatoms. The van der Waals surface area contributed by atoms with Crippen molar-refractivity contribution in [1.82, 2.24) is 0 Å². The normalized spacial score (nSPS) is 25.4. The van der Waals surface area contributed by atoms with Crippen molar-refractivity contribution in [2.24, 2.45) is 5.41 Å². The van der Waals surface area contributed by atoms with Gasteiger partial charge in [-0.1, -0.05) is 75.1 Å². The highest BCUT2D eigenvalue weighted by Crippen LogP contribution is 2.40. The van der Waals surface area contributed by atoms with Crippen LogP contribution in [0.5, 0.6) is 0 Å². The first-order valence-corrected chi connectivity index (χ1v) is 6.84. The van der Waals surface area contributed by atoms with Crippen LogP contribution in [0, 0.1) is 5.41 Å². The van der Waals surface area contributed by atoms with E-state index in [1.807, 2.05) is 13.0 Å². The van der Waals surface area contributed by atoms with Gasteiger partial charge in [0, 0.05) is 5.41 Å². The van der Waals surface area contributed by atoms with Crippen molar-refractivity contribution in [2.45, 2.75) is 27.2 Å². The van der Waals surface area contributed by atoms with Crippen molar-refractivity contribution in [2.75, 3.05) is 0 Å². The Hall–Kier alpha value is -1.82. The molecule has 0 saturated heterocycles. The zero-order valence-corrected chi connectivity index (χ0v) is 12.1. The lowest BCUT2D eigenvalue weighted by Crippen LogP contribution is -2.01. The van der Waals surface area contributed by atoms with Gasteiger partial charge >= 0.3 is 0 Å². The third-order valence-electron chi connectivity index (χ3n) is 3.53. The average Bonchev–Trinajstić information content (AvgIpc) is 2.61. The lowest BCUT2D eigenvalue weighted by atomic mass is 9.92. The third-order valence-corrected chi connectivity index (χ3v) is 3.53.